The highest BCUT2D eigenvalue weighted by Gasteiger charge is 2.84. The minimum atomic E-state index is -2.06. The summed E-state index contributed by atoms with van der Waals surface area (Å²) in [7, 11) is 0. The third-order valence-electron chi connectivity index (χ3n) is 15.4. The average Bonchev–Trinajstić information content (AvgIpc) is 3.97. The minimum Gasteiger partial charge on any atom is -0.507 e. The lowest BCUT2D eigenvalue weighted by Gasteiger charge is -2.46. The number of phenols is 1. The Morgan fingerprint density at radius 1 is 0.400 bits per heavy atom. The number of nitrogens with two attached hydrogens (primary N) is 6. The molecule has 0 aromatic heterocycles. The molecule has 6 saturated heterocycles. The molecule has 6 aliphatic rings. The van der Waals surface area contributed by atoms with Gasteiger partial charge in [0.1, 0.15) is 39.0 Å². The molecule has 1 aromatic rings. The van der Waals surface area contributed by atoms with Gasteiger partial charge in [0.2, 0.25) is 0 Å². The van der Waals surface area contributed by atoms with Crippen LogP contribution in [0.15, 0.2) is 12.1 Å². The maximum Gasteiger partial charge on any atom is 0.351 e. The second-order valence-corrected chi connectivity index (χ2v) is 24.6. The standard InChI is InChI=1S/C42H63N9O13S6/c1-65-13-7-34(43)28(53)59-49-40(34,35(44,8-14-66-2)29(54)60-49)21-24-19-25(22-41-36(45,9-15-67-3)30(55)61-50(41)62-31(56)37(41,46)10-16-68-4)27(52)26(20-24)23-42-38(47,11-17-69-5)32(57)63-51(42)64-33(58)39(42,48)12-18-70-6/h19-20,52H,7-18,21-23,43-48H2,1-6H3. The fourth-order valence-electron chi connectivity index (χ4n) is 11.3. The van der Waals surface area contributed by atoms with Crippen molar-refractivity contribution >= 4 is 106 Å². The summed E-state index contributed by atoms with van der Waals surface area (Å²) in [5.74, 6) is -4.19. The van der Waals surface area contributed by atoms with Gasteiger partial charge in [-0.05, 0) is 127 Å². The number of carbonyl (C=O) groups excluding carboxylic acids is 6. The summed E-state index contributed by atoms with van der Waals surface area (Å²) in [5, 5.41) is 15.3. The Bertz CT molecular complexity index is 2080. The number of nitrogens with zero attached hydrogens (tertiary/aromatic N) is 3. The predicted octanol–water partition coefficient (Wildman–Crippen LogP) is -0.323. The Kier molecular flexibility index (Phi) is 15.8. The number of fused-ring (bicyclic) bond motifs is 3. The number of phenolic OH excluding ortho intramolecular Hbond substituents is 1. The minimum absolute atomic E-state index is 0.0131. The molecule has 28 heteroatoms. The van der Waals surface area contributed by atoms with Crippen LogP contribution in [0.5, 0.6) is 5.75 Å². The summed E-state index contributed by atoms with van der Waals surface area (Å²) >= 11 is 8.32. The smallest absolute Gasteiger partial charge is 0.351 e. The van der Waals surface area contributed by atoms with Crippen molar-refractivity contribution in [3.63, 3.8) is 0 Å². The van der Waals surface area contributed by atoms with Gasteiger partial charge in [-0.15, -0.1) is 0 Å². The van der Waals surface area contributed by atoms with E-state index in [0.29, 0.717) is 34.5 Å². The number of rotatable bonds is 24. The van der Waals surface area contributed by atoms with Gasteiger partial charge in [0, 0.05) is 34.9 Å². The van der Waals surface area contributed by atoms with Crippen LogP contribution in [-0.4, -0.2) is 179 Å². The molecule has 6 atom stereocenters. The van der Waals surface area contributed by atoms with E-state index in [1.165, 1.54) is 82.7 Å². The topological polar surface area (TPSA) is 344 Å². The molecule has 0 aliphatic carbocycles. The zero-order valence-electron chi connectivity index (χ0n) is 39.9. The van der Waals surface area contributed by atoms with Crippen LogP contribution in [0.1, 0.15) is 55.2 Å². The first-order valence-corrected chi connectivity index (χ1v) is 30.6. The van der Waals surface area contributed by atoms with E-state index in [1.807, 2.05) is 37.5 Å². The molecule has 0 saturated carbocycles. The van der Waals surface area contributed by atoms with E-state index in [1.54, 1.807) is 0 Å². The number of carbonyl (C=O) groups is 6. The van der Waals surface area contributed by atoms with Gasteiger partial charge in [-0.3, -0.25) is 0 Å². The summed E-state index contributed by atoms with van der Waals surface area (Å²) < 4.78 is 0. The number of aromatic hydroxyl groups is 1. The Morgan fingerprint density at radius 2 is 0.600 bits per heavy atom. The van der Waals surface area contributed by atoms with E-state index < -0.39 is 104 Å². The van der Waals surface area contributed by atoms with E-state index in [0.717, 1.165) is 15.7 Å². The Morgan fingerprint density at radius 3 is 0.800 bits per heavy atom. The van der Waals surface area contributed by atoms with Crippen LogP contribution in [0.4, 0.5) is 0 Å². The van der Waals surface area contributed by atoms with Crippen molar-refractivity contribution in [3.05, 3.63) is 28.8 Å². The van der Waals surface area contributed by atoms with E-state index in [-0.39, 0.29) is 61.6 Å². The highest BCUT2D eigenvalue weighted by Crippen LogP contribution is 2.58. The number of thioether (sulfide) groups is 6. The summed E-state index contributed by atoms with van der Waals surface area (Å²) in [4.78, 5) is 119. The van der Waals surface area contributed by atoms with Crippen molar-refractivity contribution in [2.24, 2.45) is 34.4 Å². The molecule has 0 bridgehead atoms. The summed E-state index contributed by atoms with van der Waals surface area (Å²) in [5.41, 5.74) is 25.4. The largest absolute Gasteiger partial charge is 0.507 e. The van der Waals surface area contributed by atoms with Crippen molar-refractivity contribution in [2.75, 3.05) is 72.1 Å². The molecule has 6 aliphatic heterocycles. The van der Waals surface area contributed by atoms with Crippen LogP contribution in [0.2, 0.25) is 0 Å². The first kappa shape index (κ1) is 55.3. The van der Waals surface area contributed by atoms with Gasteiger partial charge < -0.3 is 68.5 Å². The first-order chi connectivity index (χ1) is 33.0. The lowest BCUT2D eigenvalue weighted by molar-refractivity contribution is -0.322. The quantitative estimate of drug-likeness (QED) is 0.0697. The Labute approximate surface area is 431 Å². The maximum atomic E-state index is 14.2. The zero-order chi connectivity index (χ0) is 51.5. The third-order valence-corrected chi connectivity index (χ3v) is 19.1. The molecule has 1 aromatic carbocycles. The van der Waals surface area contributed by atoms with Crippen molar-refractivity contribution in [1.82, 2.24) is 15.7 Å². The van der Waals surface area contributed by atoms with Crippen LogP contribution >= 0.6 is 70.6 Å². The summed E-state index contributed by atoms with van der Waals surface area (Å²) in [6.07, 6.45) is 9.15. The molecule has 6 heterocycles. The van der Waals surface area contributed by atoms with Crippen LogP contribution in [-0.2, 0) is 77.1 Å². The van der Waals surface area contributed by atoms with Gasteiger partial charge in [0.15, 0.2) is 16.6 Å². The van der Waals surface area contributed by atoms with Crippen molar-refractivity contribution in [3.8, 4) is 5.75 Å². The normalized spacial score (nSPS) is 37.0. The number of benzene rings is 1. The van der Waals surface area contributed by atoms with Gasteiger partial charge in [0.05, 0.1) is 0 Å². The van der Waals surface area contributed by atoms with Crippen LogP contribution in [0, 0.1) is 0 Å². The lowest BCUT2D eigenvalue weighted by atomic mass is 9.59. The number of hydrogen-bond donors (Lipinski definition) is 7. The number of hydroxylamine groups is 6. The fourth-order valence-corrected chi connectivity index (χ4v) is 14.4. The lowest BCUT2D eigenvalue weighted by Crippen LogP contribution is -2.78. The second-order valence-electron chi connectivity index (χ2n) is 18.7. The van der Waals surface area contributed by atoms with Gasteiger partial charge in [0.25, 0.3) is 0 Å². The van der Waals surface area contributed by atoms with Crippen LogP contribution in [0.3, 0.4) is 0 Å². The summed E-state index contributed by atoms with van der Waals surface area (Å²) in [6.45, 7) is 0. The van der Waals surface area contributed by atoms with E-state index in [9.17, 15) is 33.9 Å². The molecule has 22 nitrogen and oxygen atoms in total. The average molecular weight is 1090 g/mol. The second kappa shape index (κ2) is 20.0. The van der Waals surface area contributed by atoms with Gasteiger partial charge in [-0.2, -0.15) is 70.6 Å². The molecule has 6 unspecified atom stereocenters. The van der Waals surface area contributed by atoms with E-state index in [2.05, 4.69) is 0 Å². The first-order valence-electron chi connectivity index (χ1n) is 22.3. The highest BCUT2D eigenvalue weighted by atomic mass is 32.2. The molecule has 70 heavy (non-hydrogen) atoms. The molecule has 390 valence electrons. The monoisotopic (exact) mass is 1090 g/mol. The van der Waals surface area contributed by atoms with E-state index in [4.69, 9.17) is 63.4 Å². The fraction of sp³-hybridized carbons (Fsp3) is 0.714. The van der Waals surface area contributed by atoms with Gasteiger partial charge in [-0.1, -0.05) is 12.1 Å². The molecular weight excluding hydrogens is 1030 g/mol. The summed E-state index contributed by atoms with van der Waals surface area (Å²) in [6, 6.07) is 3.05. The SMILES string of the molecule is CSCCC1(N)C(=O)ON2OC(=O)C(N)(CCSC)C21Cc1cc(CC23N(OC(=O)C2(N)CCSC)OC(=O)C3(N)CCSC)c(O)c(CC23N(OC(=O)C2(N)CCSC)OC(=O)C3(N)CCSC)c1. The van der Waals surface area contributed by atoms with Crippen LogP contribution in [0.25, 0.3) is 0 Å². The van der Waals surface area contributed by atoms with Crippen molar-refractivity contribution in [1.29, 1.82) is 0 Å². The van der Waals surface area contributed by atoms with Crippen molar-refractivity contribution < 1.29 is 62.9 Å². The molecule has 13 N–H and O–H groups in total. The van der Waals surface area contributed by atoms with Crippen LogP contribution < -0.4 is 34.4 Å². The maximum absolute atomic E-state index is 14.2. The Balaban J connectivity index is 1.55. The zero-order valence-corrected chi connectivity index (χ0v) is 44.8. The Hall–Kier alpha value is -2.42. The van der Waals surface area contributed by atoms with Crippen molar-refractivity contribution in [2.45, 2.75) is 108 Å². The van der Waals surface area contributed by atoms with Gasteiger partial charge >= 0.3 is 35.8 Å². The molecule has 0 radical (unpaired) electrons. The molecule has 0 amide bonds. The predicted molar refractivity (Wildman–Crippen MR) is 269 cm³/mol. The van der Waals surface area contributed by atoms with Gasteiger partial charge in [-0.25, -0.2) is 28.8 Å². The molecule has 7 rings (SSSR count). The van der Waals surface area contributed by atoms with E-state index >= 15 is 0 Å². The third kappa shape index (κ3) is 7.53. The highest BCUT2D eigenvalue weighted by molar-refractivity contribution is 7.99. The molecule has 6 fully saturated rings. The number of hydrogen-bond acceptors (Lipinski definition) is 28. The molecular formula is C42H63N9O13S6. The molecule has 0 spiro atoms.